The van der Waals surface area contributed by atoms with Crippen LogP contribution in [0.1, 0.15) is 12.5 Å². The number of carbonyl (C=O) groups is 2. The first-order valence-electron chi connectivity index (χ1n) is 7.19. The van der Waals surface area contributed by atoms with Gasteiger partial charge in [-0.15, -0.1) is 0 Å². The number of hydrogen-bond acceptors (Lipinski definition) is 3. The third kappa shape index (κ3) is 4.74. The van der Waals surface area contributed by atoms with Gasteiger partial charge in [-0.05, 0) is 24.1 Å². The number of rotatable bonds is 6. The van der Waals surface area contributed by atoms with Crippen molar-refractivity contribution in [2.24, 2.45) is 0 Å². The lowest BCUT2D eigenvalue weighted by Crippen LogP contribution is -2.36. The van der Waals surface area contributed by atoms with Gasteiger partial charge >= 0.3 is 5.97 Å². The van der Waals surface area contributed by atoms with Crippen molar-refractivity contribution in [1.29, 1.82) is 0 Å². The Morgan fingerprint density at radius 2 is 1.55 bits per heavy atom. The summed E-state index contributed by atoms with van der Waals surface area (Å²) in [5.74, 6) is -0.679. The molecule has 0 unspecified atom stereocenters. The Hall–Kier alpha value is -2.62. The highest BCUT2D eigenvalue weighted by molar-refractivity contribution is 5.95. The number of nitrogens with zero attached hydrogens (tertiary/aromatic N) is 1. The van der Waals surface area contributed by atoms with Crippen LogP contribution in [0.3, 0.4) is 0 Å². The van der Waals surface area contributed by atoms with E-state index in [0.29, 0.717) is 6.54 Å². The summed E-state index contributed by atoms with van der Waals surface area (Å²) in [6.07, 6.45) is 0.738. The highest BCUT2D eigenvalue weighted by Crippen LogP contribution is 2.15. The van der Waals surface area contributed by atoms with Gasteiger partial charge in [0.25, 0.3) is 5.91 Å². The standard InChI is InChI=1S/C18H19NO3/c1-15(20)22-14-18(21)19(17-10-6-3-7-11-17)13-12-16-8-4-2-5-9-16/h2-11H,12-14H2,1H3. The molecule has 0 spiro atoms. The van der Waals surface area contributed by atoms with Crippen LogP contribution >= 0.6 is 0 Å². The van der Waals surface area contributed by atoms with Crippen LogP contribution in [0.15, 0.2) is 60.7 Å². The van der Waals surface area contributed by atoms with Crippen molar-refractivity contribution >= 4 is 17.6 Å². The van der Waals surface area contributed by atoms with Gasteiger partial charge in [-0.1, -0.05) is 48.5 Å². The second-order valence-electron chi connectivity index (χ2n) is 4.90. The molecular weight excluding hydrogens is 278 g/mol. The van der Waals surface area contributed by atoms with Gasteiger partial charge in [0, 0.05) is 19.2 Å². The van der Waals surface area contributed by atoms with Crippen LogP contribution in [0.25, 0.3) is 0 Å². The third-order valence-electron chi connectivity index (χ3n) is 3.23. The lowest BCUT2D eigenvalue weighted by Gasteiger charge is -2.22. The summed E-state index contributed by atoms with van der Waals surface area (Å²) in [4.78, 5) is 24.9. The number of para-hydroxylation sites is 1. The van der Waals surface area contributed by atoms with Gasteiger partial charge in [0.1, 0.15) is 0 Å². The highest BCUT2D eigenvalue weighted by Gasteiger charge is 2.16. The van der Waals surface area contributed by atoms with Crippen LogP contribution < -0.4 is 4.90 Å². The zero-order valence-electron chi connectivity index (χ0n) is 12.6. The molecule has 0 N–H and O–H groups in total. The Labute approximate surface area is 130 Å². The lowest BCUT2D eigenvalue weighted by atomic mass is 10.1. The summed E-state index contributed by atoms with van der Waals surface area (Å²) in [6, 6.07) is 19.4. The average Bonchev–Trinajstić information content (AvgIpc) is 2.55. The predicted octanol–water partition coefficient (Wildman–Crippen LogP) is 2.83. The molecule has 2 aromatic rings. The van der Waals surface area contributed by atoms with E-state index in [-0.39, 0.29) is 12.5 Å². The Balaban J connectivity index is 2.08. The molecule has 0 heterocycles. The summed E-state index contributed by atoms with van der Waals surface area (Å²) in [5, 5.41) is 0. The first-order chi connectivity index (χ1) is 10.7. The van der Waals surface area contributed by atoms with Crippen molar-refractivity contribution in [3.05, 3.63) is 66.2 Å². The highest BCUT2D eigenvalue weighted by atomic mass is 16.5. The number of hydrogen-bond donors (Lipinski definition) is 0. The fourth-order valence-corrected chi connectivity index (χ4v) is 2.13. The molecule has 0 aliphatic rings. The zero-order chi connectivity index (χ0) is 15.8. The van der Waals surface area contributed by atoms with Crippen LogP contribution in [0, 0.1) is 0 Å². The third-order valence-corrected chi connectivity index (χ3v) is 3.23. The fraction of sp³-hybridized carbons (Fsp3) is 0.222. The van der Waals surface area contributed by atoms with Gasteiger partial charge in [-0.2, -0.15) is 0 Å². The maximum absolute atomic E-state index is 12.3. The van der Waals surface area contributed by atoms with Crippen LogP contribution in [-0.2, 0) is 20.7 Å². The number of carbonyl (C=O) groups excluding carboxylic acids is 2. The zero-order valence-corrected chi connectivity index (χ0v) is 12.6. The molecule has 0 bridgehead atoms. The summed E-state index contributed by atoms with van der Waals surface area (Å²) in [6.45, 7) is 1.59. The molecule has 114 valence electrons. The van der Waals surface area contributed by atoms with Crippen LogP contribution in [-0.4, -0.2) is 25.0 Å². The van der Waals surface area contributed by atoms with Crippen molar-refractivity contribution in [2.75, 3.05) is 18.1 Å². The van der Waals surface area contributed by atoms with Crippen LogP contribution in [0.4, 0.5) is 5.69 Å². The molecule has 1 amide bonds. The molecule has 2 aromatic carbocycles. The number of ether oxygens (including phenoxy) is 1. The normalized spacial score (nSPS) is 10.0. The van der Waals surface area contributed by atoms with Gasteiger partial charge < -0.3 is 9.64 Å². The maximum Gasteiger partial charge on any atom is 0.303 e. The molecule has 0 aliphatic heterocycles. The first kappa shape index (κ1) is 15.8. The smallest absolute Gasteiger partial charge is 0.303 e. The largest absolute Gasteiger partial charge is 0.456 e. The van der Waals surface area contributed by atoms with E-state index >= 15 is 0 Å². The summed E-state index contributed by atoms with van der Waals surface area (Å²) < 4.78 is 4.83. The number of esters is 1. The molecule has 0 atom stereocenters. The van der Waals surface area contributed by atoms with E-state index in [4.69, 9.17) is 4.74 Å². The molecule has 0 saturated carbocycles. The van der Waals surface area contributed by atoms with E-state index in [1.54, 1.807) is 4.90 Å². The summed E-state index contributed by atoms with van der Waals surface area (Å²) >= 11 is 0. The van der Waals surface area contributed by atoms with Gasteiger partial charge in [-0.25, -0.2) is 0 Å². The predicted molar refractivity (Wildman–Crippen MR) is 85.6 cm³/mol. The van der Waals surface area contributed by atoms with Gasteiger partial charge in [0.15, 0.2) is 6.61 Å². The topological polar surface area (TPSA) is 46.6 Å². The Bertz CT molecular complexity index is 611. The molecule has 0 radical (unpaired) electrons. The van der Waals surface area contributed by atoms with Crippen molar-refractivity contribution in [2.45, 2.75) is 13.3 Å². The van der Waals surface area contributed by atoms with E-state index in [1.165, 1.54) is 6.92 Å². The lowest BCUT2D eigenvalue weighted by molar-refractivity contribution is -0.145. The quantitative estimate of drug-likeness (QED) is 0.770. The SMILES string of the molecule is CC(=O)OCC(=O)N(CCc1ccccc1)c1ccccc1. The van der Waals surface area contributed by atoms with Gasteiger partial charge in [-0.3, -0.25) is 9.59 Å². The average molecular weight is 297 g/mol. The minimum absolute atomic E-state index is 0.225. The molecule has 22 heavy (non-hydrogen) atoms. The molecule has 0 aromatic heterocycles. The fourth-order valence-electron chi connectivity index (χ4n) is 2.13. The molecule has 4 nitrogen and oxygen atoms in total. The Kier molecular flexibility index (Phi) is 5.72. The molecule has 4 heteroatoms. The minimum Gasteiger partial charge on any atom is -0.456 e. The van der Waals surface area contributed by atoms with Crippen molar-refractivity contribution in [1.82, 2.24) is 0 Å². The van der Waals surface area contributed by atoms with E-state index in [0.717, 1.165) is 17.7 Å². The van der Waals surface area contributed by atoms with E-state index < -0.39 is 5.97 Å². The van der Waals surface area contributed by atoms with Crippen molar-refractivity contribution in [3.8, 4) is 0 Å². The molecule has 2 rings (SSSR count). The minimum atomic E-state index is -0.454. The Morgan fingerprint density at radius 3 is 2.14 bits per heavy atom. The van der Waals surface area contributed by atoms with Crippen LogP contribution in [0.5, 0.6) is 0 Å². The van der Waals surface area contributed by atoms with Crippen molar-refractivity contribution < 1.29 is 14.3 Å². The number of amides is 1. The second kappa shape index (κ2) is 7.98. The summed E-state index contributed by atoms with van der Waals surface area (Å²) in [7, 11) is 0. The van der Waals surface area contributed by atoms with Crippen LogP contribution in [0.2, 0.25) is 0 Å². The second-order valence-corrected chi connectivity index (χ2v) is 4.90. The monoisotopic (exact) mass is 297 g/mol. The number of benzene rings is 2. The molecule has 0 fully saturated rings. The first-order valence-corrected chi connectivity index (χ1v) is 7.19. The maximum atomic E-state index is 12.3. The number of anilines is 1. The molecular formula is C18H19NO3. The molecule has 0 aliphatic carbocycles. The van der Waals surface area contributed by atoms with E-state index in [9.17, 15) is 9.59 Å². The molecule has 0 saturated heterocycles. The van der Waals surface area contributed by atoms with Crippen molar-refractivity contribution in [3.63, 3.8) is 0 Å². The van der Waals surface area contributed by atoms with E-state index in [1.807, 2.05) is 60.7 Å². The van der Waals surface area contributed by atoms with E-state index in [2.05, 4.69) is 0 Å². The Morgan fingerprint density at radius 1 is 0.955 bits per heavy atom. The summed E-state index contributed by atoms with van der Waals surface area (Å²) in [5.41, 5.74) is 1.96. The van der Waals surface area contributed by atoms with Gasteiger partial charge in [0.05, 0.1) is 0 Å². The van der Waals surface area contributed by atoms with Gasteiger partial charge in [0.2, 0.25) is 0 Å².